The highest BCUT2D eigenvalue weighted by Gasteiger charge is 2.40. The molecule has 2 rings (SSSR count). The van der Waals surface area contributed by atoms with Gasteiger partial charge in [0.1, 0.15) is 0 Å². The summed E-state index contributed by atoms with van der Waals surface area (Å²) in [4.78, 5) is 0. The maximum absolute atomic E-state index is 5.94. The average molecular weight is 139 g/mol. The van der Waals surface area contributed by atoms with Crippen molar-refractivity contribution in [1.29, 1.82) is 0 Å². The standard InChI is InChI=1S/C9H17N/c1-6-2-7-4-8(7)5-9(10)3-6/h6-9H,2-5,10H2,1H3/t6-,7?,8?,9+/m0/s1. The SMILES string of the molecule is C[C@H]1CC2CC2C[C@H](N)C1. The van der Waals surface area contributed by atoms with Crippen LogP contribution in [0.3, 0.4) is 0 Å². The van der Waals surface area contributed by atoms with Gasteiger partial charge >= 0.3 is 0 Å². The average Bonchev–Trinajstić information content (AvgIpc) is 2.43. The topological polar surface area (TPSA) is 26.0 Å². The predicted octanol–water partition coefficient (Wildman–Crippen LogP) is 1.77. The van der Waals surface area contributed by atoms with E-state index in [0.29, 0.717) is 6.04 Å². The molecule has 0 radical (unpaired) electrons. The molecular weight excluding hydrogens is 122 g/mol. The monoisotopic (exact) mass is 139 g/mol. The Labute approximate surface area is 63.0 Å². The summed E-state index contributed by atoms with van der Waals surface area (Å²) in [5.74, 6) is 3.00. The molecule has 10 heavy (non-hydrogen) atoms. The van der Waals surface area contributed by atoms with Crippen LogP contribution >= 0.6 is 0 Å². The fraction of sp³-hybridized carbons (Fsp3) is 1.00. The lowest BCUT2D eigenvalue weighted by atomic mass is 9.98. The zero-order chi connectivity index (χ0) is 7.14. The van der Waals surface area contributed by atoms with Crippen LogP contribution in [0.2, 0.25) is 0 Å². The summed E-state index contributed by atoms with van der Waals surface area (Å²) in [5, 5.41) is 0. The van der Waals surface area contributed by atoms with Gasteiger partial charge < -0.3 is 5.73 Å². The van der Waals surface area contributed by atoms with Crippen molar-refractivity contribution in [2.24, 2.45) is 23.5 Å². The van der Waals surface area contributed by atoms with Crippen LogP contribution in [-0.4, -0.2) is 6.04 Å². The third-order valence-electron chi connectivity index (χ3n) is 3.08. The molecule has 1 nitrogen and oxygen atoms in total. The molecular formula is C9H17N. The first-order valence-electron chi connectivity index (χ1n) is 4.51. The maximum atomic E-state index is 5.94. The molecule has 2 aliphatic carbocycles. The van der Waals surface area contributed by atoms with Crippen molar-refractivity contribution in [3.63, 3.8) is 0 Å². The van der Waals surface area contributed by atoms with E-state index in [1.807, 2.05) is 0 Å². The second-order valence-corrected chi connectivity index (χ2v) is 4.33. The molecule has 2 aliphatic rings. The van der Waals surface area contributed by atoms with Crippen molar-refractivity contribution < 1.29 is 0 Å². The first kappa shape index (κ1) is 6.66. The van der Waals surface area contributed by atoms with Gasteiger partial charge in [-0.05, 0) is 43.4 Å². The van der Waals surface area contributed by atoms with E-state index in [-0.39, 0.29) is 0 Å². The molecule has 0 spiro atoms. The van der Waals surface area contributed by atoms with E-state index in [1.54, 1.807) is 0 Å². The van der Waals surface area contributed by atoms with Crippen LogP contribution in [0.1, 0.15) is 32.6 Å². The van der Waals surface area contributed by atoms with Crippen LogP contribution in [0.15, 0.2) is 0 Å². The predicted molar refractivity (Wildman–Crippen MR) is 42.6 cm³/mol. The van der Waals surface area contributed by atoms with Gasteiger partial charge in [-0.2, -0.15) is 0 Å². The lowest BCUT2D eigenvalue weighted by Crippen LogP contribution is -2.21. The van der Waals surface area contributed by atoms with Gasteiger partial charge in [-0.25, -0.2) is 0 Å². The maximum Gasteiger partial charge on any atom is 0.00441 e. The molecule has 0 aromatic carbocycles. The van der Waals surface area contributed by atoms with E-state index in [1.165, 1.54) is 25.7 Å². The number of hydrogen-bond acceptors (Lipinski definition) is 1. The van der Waals surface area contributed by atoms with Crippen LogP contribution in [-0.2, 0) is 0 Å². The minimum Gasteiger partial charge on any atom is -0.328 e. The second-order valence-electron chi connectivity index (χ2n) is 4.33. The Hall–Kier alpha value is -0.0400. The number of rotatable bonds is 0. The normalized spacial score (nSPS) is 53.4. The summed E-state index contributed by atoms with van der Waals surface area (Å²) in [6.07, 6.45) is 5.53. The molecule has 0 saturated heterocycles. The quantitative estimate of drug-likeness (QED) is 0.544. The Bertz CT molecular complexity index is 115. The molecule has 2 fully saturated rings. The van der Waals surface area contributed by atoms with Gasteiger partial charge in [-0.15, -0.1) is 0 Å². The molecule has 0 aromatic heterocycles. The van der Waals surface area contributed by atoms with E-state index >= 15 is 0 Å². The van der Waals surface area contributed by atoms with Crippen molar-refractivity contribution in [3.8, 4) is 0 Å². The minimum atomic E-state index is 0.521. The van der Waals surface area contributed by atoms with E-state index in [2.05, 4.69) is 6.92 Å². The summed E-state index contributed by atoms with van der Waals surface area (Å²) in [6, 6.07) is 0.521. The first-order chi connectivity index (χ1) is 4.75. The summed E-state index contributed by atoms with van der Waals surface area (Å²) in [5.41, 5.74) is 5.94. The molecule has 0 aromatic rings. The lowest BCUT2D eigenvalue weighted by molar-refractivity contribution is 0.440. The van der Waals surface area contributed by atoms with Crippen molar-refractivity contribution in [2.45, 2.75) is 38.6 Å². The number of hydrogen-bond donors (Lipinski definition) is 1. The lowest BCUT2D eigenvalue weighted by Gasteiger charge is -2.12. The molecule has 0 aliphatic heterocycles. The van der Waals surface area contributed by atoms with Gasteiger partial charge in [0.25, 0.3) is 0 Å². The largest absolute Gasteiger partial charge is 0.328 e. The van der Waals surface area contributed by atoms with E-state index in [9.17, 15) is 0 Å². The summed E-state index contributed by atoms with van der Waals surface area (Å²) >= 11 is 0. The van der Waals surface area contributed by atoms with Crippen LogP contribution in [0.25, 0.3) is 0 Å². The first-order valence-corrected chi connectivity index (χ1v) is 4.51. The zero-order valence-corrected chi connectivity index (χ0v) is 6.72. The Morgan fingerprint density at radius 1 is 1.00 bits per heavy atom. The molecule has 2 saturated carbocycles. The number of fused-ring (bicyclic) bond motifs is 1. The second kappa shape index (κ2) is 2.23. The Balaban J connectivity index is 1.96. The highest BCUT2D eigenvalue weighted by atomic mass is 14.7. The van der Waals surface area contributed by atoms with Gasteiger partial charge in [0.2, 0.25) is 0 Å². The fourth-order valence-corrected chi connectivity index (χ4v) is 2.50. The van der Waals surface area contributed by atoms with Gasteiger partial charge in [0, 0.05) is 6.04 Å². The smallest absolute Gasteiger partial charge is 0.00441 e. The van der Waals surface area contributed by atoms with Crippen molar-refractivity contribution in [1.82, 2.24) is 0 Å². The molecule has 0 heterocycles. The van der Waals surface area contributed by atoms with Crippen LogP contribution in [0, 0.1) is 17.8 Å². The van der Waals surface area contributed by atoms with Crippen molar-refractivity contribution in [2.75, 3.05) is 0 Å². The van der Waals surface area contributed by atoms with Crippen LogP contribution < -0.4 is 5.73 Å². The Morgan fingerprint density at radius 2 is 1.70 bits per heavy atom. The minimum absolute atomic E-state index is 0.521. The third kappa shape index (κ3) is 1.20. The summed E-state index contributed by atoms with van der Waals surface area (Å²) in [6.45, 7) is 2.35. The molecule has 2 unspecified atom stereocenters. The molecule has 0 bridgehead atoms. The highest BCUT2D eigenvalue weighted by molar-refractivity contribution is 4.93. The zero-order valence-electron chi connectivity index (χ0n) is 6.72. The molecule has 4 atom stereocenters. The fourth-order valence-electron chi connectivity index (χ4n) is 2.50. The molecule has 2 N–H and O–H groups in total. The molecule has 1 heteroatoms. The number of nitrogens with two attached hydrogens (primary N) is 1. The highest BCUT2D eigenvalue weighted by Crippen LogP contribution is 2.49. The Morgan fingerprint density at radius 3 is 2.50 bits per heavy atom. The van der Waals surface area contributed by atoms with Crippen LogP contribution in [0.5, 0.6) is 0 Å². The van der Waals surface area contributed by atoms with Gasteiger partial charge in [0.15, 0.2) is 0 Å². The van der Waals surface area contributed by atoms with Crippen molar-refractivity contribution in [3.05, 3.63) is 0 Å². The van der Waals surface area contributed by atoms with Crippen LogP contribution in [0.4, 0.5) is 0 Å². The van der Waals surface area contributed by atoms with Gasteiger partial charge in [-0.1, -0.05) is 6.92 Å². The van der Waals surface area contributed by atoms with Gasteiger partial charge in [0.05, 0.1) is 0 Å². The third-order valence-corrected chi connectivity index (χ3v) is 3.08. The van der Waals surface area contributed by atoms with Gasteiger partial charge in [-0.3, -0.25) is 0 Å². The van der Waals surface area contributed by atoms with E-state index in [0.717, 1.165) is 17.8 Å². The summed E-state index contributed by atoms with van der Waals surface area (Å²) in [7, 11) is 0. The van der Waals surface area contributed by atoms with E-state index < -0.39 is 0 Å². The Kier molecular flexibility index (Phi) is 1.48. The summed E-state index contributed by atoms with van der Waals surface area (Å²) < 4.78 is 0. The molecule has 0 amide bonds. The molecule has 58 valence electrons. The van der Waals surface area contributed by atoms with Crippen molar-refractivity contribution >= 4 is 0 Å². The van der Waals surface area contributed by atoms with E-state index in [4.69, 9.17) is 5.73 Å².